The van der Waals surface area contributed by atoms with Gasteiger partial charge in [-0.3, -0.25) is 23.7 Å². The number of aliphatic hydroxyl groups excluding tert-OH is 1. The Kier molecular flexibility index (Phi) is 4.96. The Bertz CT molecular complexity index is 1060. The lowest BCUT2D eigenvalue weighted by molar-refractivity contribution is -0.133. The molecule has 2 aromatic heterocycles. The van der Waals surface area contributed by atoms with Crippen molar-refractivity contribution in [1.82, 2.24) is 19.5 Å². The number of nitrogen functional groups attached to an aromatic ring is 1. The van der Waals surface area contributed by atoms with Crippen molar-refractivity contribution in [3.05, 3.63) is 10.4 Å². The van der Waals surface area contributed by atoms with Gasteiger partial charge in [-0.05, 0) is 11.8 Å². The number of hydrogen-bond donors (Lipinski definition) is 5. The minimum Gasteiger partial charge on any atom is -0.481 e. The fourth-order valence-corrected chi connectivity index (χ4v) is 5.17. The van der Waals surface area contributed by atoms with Gasteiger partial charge in [0, 0.05) is 0 Å². The Hall–Kier alpha value is -1.58. The number of aromatic amines is 1. The molecule has 6 N–H and O–H groups in total. The van der Waals surface area contributed by atoms with Crippen LogP contribution < -0.4 is 11.3 Å². The normalized spacial score (nSPS) is 32.5. The zero-order valence-corrected chi connectivity index (χ0v) is 16.3. The molecular formula is C12H14N5O8PS2. The molecule has 5 atom stereocenters. The van der Waals surface area contributed by atoms with Crippen LogP contribution in [-0.2, 0) is 30.4 Å². The van der Waals surface area contributed by atoms with Crippen molar-refractivity contribution in [3.63, 3.8) is 0 Å². The Labute approximate surface area is 165 Å². The molecule has 0 aromatic carbocycles. The fraction of sp³-hybridized carbons (Fsp3) is 0.500. The average Bonchev–Trinajstić information content (AvgIpc) is 3.10. The second kappa shape index (κ2) is 7.03. The predicted molar refractivity (Wildman–Crippen MR) is 98.2 cm³/mol. The second-order valence-corrected chi connectivity index (χ2v) is 9.69. The molecule has 0 spiro atoms. The number of nitrogens with one attached hydrogen (secondary N) is 1. The molecule has 13 nitrogen and oxygen atoms in total. The molecule has 2 aliphatic heterocycles. The number of imidazole rings is 1. The molecule has 0 saturated carbocycles. The monoisotopic (exact) mass is 451 g/mol. The number of fused-ring (bicyclic) bond motifs is 2. The van der Waals surface area contributed by atoms with Gasteiger partial charge in [0.1, 0.15) is 18.3 Å². The molecule has 0 bridgehead atoms. The van der Waals surface area contributed by atoms with Gasteiger partial charge in [-0.25, -0.2) is 4.98 Å². The summed E-state index contributed by atoms with van der Waals surface area (Å²) in [6, 6.07) is 0. The van der Waals surface area contributed by atoms with Crippen molar-refractivity contribution in [1.29, 1.82) is 0 Å². The number of aliphatic carboxylic acids is 1. The Morgan fingerprint density at radius 2 is 2.25 bits per heavy atom. The van der Waals surface area contributed by atoms with Gasteiger partial charge in [0.2, 0.25) is 5.95 Å². The maximum atomic E-state index is 12.2. The number of aliphatic hydroxyl groups is 1. The average molecular weight is 451 g/mol. The summed E-state index contributed by atoms with van der Waals surface area (Å²) in [7, 11) is 0. The zero-order chi connectivity index (χ0) is 20.2. The predicted octanol–water partition coefficient (Wildman–Crippen LogP) is -1.23. The topological polar surface area (TPSA) is 195 Å². The van der Waals surface area contributed by atoms with Crippen molar-refractivity contribution in [2.75, 3.05) is 18.1 Å². The maximum Gasteiger partial charge on any atom is 0.325 e. The SMILES string of the molecule is Nc1nc2c(nc(SCC(=O)O)n2[C@@H]2OC3COP(O)(=S)O[C@H]3C2O)c(=O)[nH]1. The Balaban J connectivity index is 1.80. The summed E-state index contributed by atoms with van der Waals surface area (Å²) in [4.78, 5) is 43.5. The maximum absolute atomic E-state index is 12.2. The summed E-state index contributed by atoms with van der Waals surface area (Å²) in [5.41, 5.74) is 4.88. The number of aromatic nitrogens is 4. The van der Waals surface area contributed by atoms with Crippen LogP contribution in [0.1, 0.15) is 6.23 Å². The summed E-state index contributed by atoms with van der Waals surface area (Å²) >= 11 is 5.62. The summed E-state index contributed by atoms with van der Waals surface area (Å²) in [5, 5.41) is 19.8. The van der Waals surface area contributed by atoms with E-state index in [1.807, 2.05) is 0 Å². The van der Waals surface area contributed by atoms with Crippen LogP contribution in [0.5, 0.6) is 0 Å². The molecule has 0 radical (unpaired) electrons. The van der Waals surface area contributed by atoms with E-state index in [1.54, 1.807) is 0 Å². The van der Waals surface area contributed by atoms with Crippen molar-refractivity contribution < 1.29 is 33.7 Å². The molecule has 0 aliphatic carbocycles. The first kappa shape index (κ1) is 19.7. The molecule has 2 saturated heterocycles. The van der Waals surface area contributed by atoms with Gasteiger partial charge in [-0.2, -0.15) is 4.98 Å². The van der Waals surface area contributed by atoms with E-state index >= 15 is 0 Å². The van der Waals surface area contributed by atoms with E-state index in [4.69, 9.17) is 36.4 Å². The smallest absolute Gasteiger partial charge is 0.325 e. The number of anilines is 1. The molecular weight excluding hydrogens is 437 g/mol. The van der Waals surface area contributed by atoms with E-state index in [-0.39, 0.29) is 34.6 Å². The van der Waals surface area contributed by atoms with Crippen molar-refractivity contribution in [2.45, 2.75) is 29.7 Å². The van der Waals surface area contributed by atoms with Gasteiger partial charge >= 0.3 is 12.7 Å². The number of rotatable bonds is 4. The third kappa shape index (κ3) is 3.44. The number of H-pyrrole nitrogens is 1. The molecule has 2 aliphatic rings. The van der Waals surface area contributed by atoms with Crippen LogP contribution in [-0.4, -0.2) is 71.3 Å². The lowest BCUT2D eigenvalue weighted by Crippen LogP contribution is -2.39. The van der Waals surface area contributed by atoms with Crippen molar-refractivity contribution >= 4 is 53.4 Å². The van der Waals surface area contributed by atoms with Gasteiger partial charge in [0.05, 0.1) is 12.4 Å². The van der Waals surface area contributed by atoms with Crippen LogP contribution in [0.25, 0.3) is 11.2 Å². The fourth-order valence-electron chi connectivity index (χ4n) is 2.99. The quantitative estimate of drug-likeness (QED) is 0.274. The van der Waals surface area contributed by atoms with Gasteiger partial charge in [0.25, 0.3) is 5.56 Å². The molecule has 3 unspecified atom stereocenters. The molecule has 16 heteroatoms. The highest BCUT2D eigenvalue weighted by atomic mass is 32.5. The third-order valence-electron chi connectivity index (χ3n) is 4.08. The van der Waals surface area contributed by atoms with Crippen LogP contribution in [0.4, 0.5) is 5.95 Å². The van der Waals surface area contributed by atoms with E-state index in [9.17, 15) is 19.6 Å². The number of carboxylic acid groups (broad SMARTS) is 1. The summed E-state index contributed by atoms with van der Waals surface area (Å²) < 4.78 is 17.4. The van der Waals surface area contributed by atoms with Gasteiger partial charge in [-0.15, -0.1) is 0 Å². The molecule has 0 amide bonds. The number of thioether (sulfide) groups is 1. The first-order valence-corrected chi connectivity index (χ1v) is 11.4. The lowest BCUT2D eigenvalue weighted by atomic mass is 10.1. The van der Waals surface area contributed by atoms with Crippen LogP contribution >= 0.6 is 18.5 Å². The molecule has 4 rings (SSSR count). The number of ether oxygens (including phenoxy) is 1. The standard InChI is InChI=1S/C12H14N5O8PS2/c13-11-15-8-5(9(21)16-11)14-12(28-2-4(18)19)17(8)10-6(20)7-3(24-10)1-23-26(22,27)25-7/h3,6-7,10,20H,1-2H2,(H,18,19)(H,22,27)(H3,13,15,16,21)/t3?,6?,7-,10-,26?/m1/s1. The van der Waals surface area contributed by atoms with E-state index in [0.717, 1.165) is 11.8 Å². The van der Waals surface area contributed by atoms with Crippen LogP contribution in [0.3, 0.4) is 0 Å². The first-order valence-electron chi connectivity index (χ1n) is 7.78. The van der Waals surface area contributed by atoms with Crippen LogP contribution in [0.15, 0.2) is 9.95 Å². The molecule has 28 heavy (non-hydrogen) atoms. The highest BCUT2D eigenvalue weighted by molar-refractivity contribution is 8.07. The molecule has 152 valence electrons. The van der Waals surface area contributed by atoms with Crippen LogP contribution in [0.2, 0.25) is 0 Å². The minimum absolute atomic E-state index is 0.00110. The van der Waals surface area contributed by atoms with Crippen molar-refractivity contribution in [3.8, 4) is 0 Å². The Morgan fingerprint density at radius 1 is 1.50 bits per heavy atom. The highest BCUT2D eigenvalue weighted by Gasteiger charge is 2.52. The lowest BCUT2D eigenvalue weighted by Gasteiger charge is -2.30. The largest absolute Gasteiger partial charge is 0.481 e. The number of nitrogens with two attached hydrogens (primary N) is 1. The molecule has 2 aromatic rings. The van der Waals surface area contributed by atoms with Gasteiger partial charge in [-0.1, -0.05) is 11.8 Å². The Morgan fingerprint density at radius 3 is 2.96 bits per heavy atom. The minimum atomic E-state index is -3.50. The summed E-state index contributed by atoms with van der Waals surface area (Å²) in [6.45, 7) is -3.61. The molecule has 4 heterocycles. The second-order valence-electron chi connectivity index (χ2n) is 5.96. The first-order chi connectivity index (χ1) is 13.2. The van der Waals surface area contributed by atoms with Crippen LogP contribution in [0, 0.1) is 0 Å². The van der Waals surface area contributed by atoms with E-state index in [1.165, 1.54) is 4.57 Å². The molecule has 2 fully saturated rings. The third-order valence-corrected chi connectivity index (χ3v) is 6.58. The number of hydrogen-bond acceptors (Lipinski definition) is 11. The highest BCUT2D eigenvalue weighted by Crippen LogP contribution is 2.53. The summed E-state index contributed by atoms with van der Waals surface area (Å²) in [6.07, 6.45) is -4.21. The van der Waals surface area contributed by atoms with Gasteiger partial charge < -0.3 is 30.1 Å². The van der Waals surface area contributed by atoms with E-state index < -0.39 is 42.8 Å². The number of carbonyl (C=O) groups is 1. The number of carboxylic acids is 1. The summed E-state index contributed by atoms with van der Waals surface area (Å²) in [5.74, 6) is -1.66. The van der Waals surface area contributed by atoms with Crippen molar-refractivity contribution in [2.24, 2.45) is 0 Å². The van der Waals surface area contributed by atoms with Gasteiger partial charge in [0.15, 0.2) is 22.5 Å². The van der Waals surface area contributed by atoms with E-state index in [0.29, 0.717) is 0 Å². The zero-order valence-electron chi connectivity index (χ0n) is 13.8. The number of nitrogens with zero attached hydrogens (tertiary/aromatic N) is 3. The van der Waals surface area contributed by atoms with E-state index in [2.05, 4.69) is 15.0 Å².